The van der Waals surface area contributed by atoms with Crippen molar-refractivity contribution in [3.05, 3.63) is 96.8 Å². The number of phenols is 1. The largest absolute Gasteiger partial charge is 0.508 e. The first-order valence-corrected chi connectivity index (χ1v) is 9.15. The Morgan fingerprint density at radius 3 is 2.48 bits per heavy atom. The molecule has 0 radical (unpaired) electrons. The summed E-state index contributed by atoms with van der Waals surface area (Å²) >= 11 is 0. The Morgan fingerprint density at radius 1 is 1.17 bits per heavy atom. The number of phenolic OH excluding ortho intramolecular Hbond substituents is 1. The van der Waals surface area contributed by atoms with E-state index in [1.165, 1.54) is 30.4 Å². The molecule has 1 amide bonds. The van der Waals surface area contributed by atoms with Crippen molar-refractivity contribution in [2.24, 2.45) is 5.92 Å². The van der Waals surface area contributed by atoms with Gasteiger partial charge in [0, 0.05) is 11.8 Å². The topological polar surface area (TPSA) is 49.8 Å². The van der Waals surface area contributed by atoms with E-state index in [4.69, 9.17) is 4.74 Å². The first-order chi connectivity index (χ1) is 14.0. The summed E-state index contributed by atoms with van der Waals surface area (Å²) in [5.74, 6) is -0.400. The number of anilines is 1. The average molecular weight is 397 g/mol. The van der Waals surface area contributed by atoms with E-state index in [2.05, 4.69) is 6.58 Å². The number of ether oxygens (including phenoxy) is 1. The Morgan fingerprint density at radius 2 is 1.86 bits per heavy atom. The van der Waals surface area contributed by atoms with E-state index in [0.29, 0.717) is 24.2 Å². The van der Waals surface area contributed by atoms with Crippen molar-refractivity contribution in [3.63, 3.8) is 0 Å². The number of benzene rings is 2. The van der Waals surface area contributed by atoms with Crippen LogP contribution in [0.1, 0.15) is 18.0 Å². The predicted molar refractivity (Wildman–Crippen MR) is 107 cm³/mol. The minimum absolute atomic E-state index is 0.103. The maximum atomic E-state index is 13.3. The van der Waals surface area contributed by atoms with Gasteiger partial charge in [0.2, 0.25) is 5.91 Å². The zero-order valence-electron chi connectivity index (χ0n) is 15.7. The number of hydrogen-bond acceptors (Lipinski definition) is 3. The van der Waals surface area contributed by atoms with Crippen molar-refractivity contribution in [1.29, 1.82) is 0 Å². The van der Waals surface area contributed by atoms with E-state index in [0.717, 1.165) is 5.56 Å². The molecule has 0 aliphatic carbocycles. The van der Waals surface area contributed by atoms with Gasteiger partial charge < -0.3 is 14.7 Å². The second kappa shape index (κ2) is 9.19. The van der Waals surface area contributed by atoms with Gasteiger partial charge in [-0.2, -0.15) is 0 Å². The fourth-order valence-corrected chi connectivity index (χ4v) is 3.41. The number of carbonyl (C=O) groups excluding carboxylic acids is 1. The highest BCUT2D eigenvalue weighted by Crippen LogP contribution is 2.45. The smallest absolute Gasteiger partial charge is 0.233 e. The molecule has 1 N–H and O–H groups in total. The lowest BCUT2D eigenvalue weighted by molar-refractivity contribution is -0.131. The van der Waals surface area contributed by atoms with E-state index in [-0.39, 0.29) is 36.0 Å². The molecule has 6 heteroatoms. The van der Waals surface area contributed by atoms with Crippen LogP contribution in [0.15, 0.2) is 85.4 Å². The molecule has 4 nitrogen and oxygen atoms in total. The van der Waals surface area contributed by atoms with Gasteiger partial charge in [-0.25, -0.2) is 8.78 Å². The number of halogens is 2. The third-order valence-corrected chi connectivity index (χ3v) is 4.76. The third kappa shape index (κ3) is 4.54. The molecule has 3 rings (SSSR count). The van der Waals surface area contributed by atoms with Crippen molar-refractivity contribution in [3.8, 4) is 5.75 Å². The number of carbonyl (C=O) groups is 1. The Kier molecular flexibility index (Phi) is 6.44. The zero-order chi connectivity index (χ0) is 20.8. The molecule has 2 aromatic rings. The number of nitrogens with zero attached hydrogens (tertiary/aromatic N) is 1. The highest BCUT2D eigenvalue weighted by molar-refractivity contribution is 6.03. The van der Waals surface area contributed by atoms with E-state index in [9.17, 15) is 18.7 Å². The van der Waals surface area contributed by atoms with E-state index >= 15 is 0 Å². The second-order valence-electron chi connectivity index (χ2n) is 6.56. The maximum Gasteiger partial charge on any atom is 0.233 e. The number of rotatable bonds is 8. The van der Waals surface area contributed by atoms with Crippen molar-refractivity contribution in [2.45, 2.75) is 12.5 Å². The molecular weight excluding hydrogens is 376 g/mol. The van der Waals surface area contributed by atoms with Gasteiger partial charge in [-0.15, -0.1) is 0 Å². The van der Waals surface area contributed by atoms with Gasteiger partial charge in [-0.3, -0.25) is 4.79 Å². The van der Waals surface area contributed by atoms with Gasteiger partial charge in [0.15, 0.2) is 0 Å². The van der Waals surface area contributed by atoms with Crippen molar-refractivity contribution >= 4 is 11.6 Å². The van der Waals surface area contributed by atoms with Crippen molar-refractivity contribution < 1.29 is 23.4 Å². The van der Waals surface area contributed by atoms with Gasteiger partial charge in [0.1, 0.15) is 17.3 Å². The quantitative estimate of drug-likeness (QED) is 0.379. The third-order valence-electron chi connectivity index (χ3n) is 4.76. The van der Waals surface area contributed by atoms with Gasteiger partial charge in [0.25, 0.3) is 0 Å². The number of hydrogen-bond donors (Lipinski definition) is 1. The monoisotopic (exact) mass is 397 g/mol. The number of aromatic hydroxyl groups is 1. The van der Waals surface area contributed by atoms with Crippen molar-refractivity contribution in [2.75, 3.05) is 11.5 Å². The summed E-state index contributed by atoms with van der Waals surface area (Å²) < 4.78 is 31.3. The SMILES string of the molecule is C=C/C=C(\C=C/F)OCCC1C(=O)N(c2ccc(F)cc2)C1c1ccc(O)cc1. The number of allylic oxidation sites excluding steroid dienone is 3. The molecule has 1 fully saturated rings. The van der Waals surface area contributed by atoms with Gasteiger partial charge in [0.05, 0.1) is 24.9 Å². The summed E-state index contributed by atoms with van der Waals surface area (Å²) in [5.41, 5.74) is 1.45. The number of amides is 1. The van der Waals surface area contributed by atoms with Crippen LogP contribution in [-0.2, 0) is 9.53 Å². The van der Waals surface area contributed by atoms with Gasteiger partial charge in [-0.05, 0) is 54.5 Å². The van der Waals surface area contributed by atoms with Crippen LogP contribution in [0.25, 0.3) is 0 Å². The summed E-state index contributed by atoms with van der Waals surface area (Å²) in [7, 11) is 0. The van der Waals surface area contributed by atoms with Crippen LogP contribution in [0.2, 0.25) is 0 Å². The fourth-order valence-electron chi connectivity index (χ4n) is 3.41. The van der Waals surface area contributed by atoms with Crippen LogP contribution in [0.4, 0.5) is 14.5 Å². The van der Waals surface area contributed by atoms with Crippen LogP contribution in [0.3, 0.4) is 0 Å². The summed E-state index contributed by atoms with van der Waals surface area (Å²) in [6.07, 6.45) is 4.98. The highest BCUT2D eigenvalue weighted by Gasteiger charge is 2.48. The lowest BCUT2D eigenvalue weighted by Crippen LogP contribution is -2.55. The maximum absolute atomic E-state index is 13.3. The first-order valence-electron chi connectivity index (χ1n) is 9.15. The predicted octanol–water partition coefficient (Wildman–Crippen LogP) is 5.20. The molecule has 2 atom stereocenters. The minimum Gasteiger partial charge on any atom is -0.508 e. The van der Waals surface area contributed by atoms with Crippen LogP contribution in [0, 0.1) is 11.7 Å². The minimum atomic E-state index is -0.379. The Labute approximate surface area is 168 Å². The molecule has 0 aromatic heterocycles. The number of β-lactam (4-membered cyclic amide) rings is 1. The summed E-state index contributed by atoms with van der Waals surface area (Å²) in [5, 5.41) is 9.57. The van der Waals surface area contributed by atoms with E-state index < -0.39 is 0 Å². The Balaban J connectivity index is 1.79. The van der Waals surface area contributed by atoms with Crippen molar-refractivity contribution in [1.82, 2.24) is 0 Å². The fraction of sp³-hybridized carbons (Fsp3) is 0.174. The molecule has 2 aromatic carbocycles. The molecular formula is C23H21F2NO3. The molecule has 1 saturated heterocycles. The first kappa shape index (κ1) is 20.3. The average Bonchev–Trinajstić information content (AvgIpc) is 2.71. The van der Waals surface area contributed by atoms with Gasteiger partial charge in [-0.1, -0.05) is 24.8 Å². The van der Waals surface area contributed by atoms with Crippen LogP contribution in [-0.4, -0.2) is 17.6 Å². The molecule has 1 heterocycles. The standard InChI is InChI=1S/C23H21F2NO3/c1-2-3-20(12-14-24)29-15-13-21-22(16-4-10-19(27)11-5-16)26(23(21)28)18-8-6-17(25)7-9-18/h2-12,14,21-22,27H,1,13,15H2/b14-12-,20-3+. The Bertz CT molecular complexity index is 920. The summed E-state index contributed by atoms with van der Waals surface area (Å²) in [4.78, 5) is 14.5. The molecule has 2 unspecified atom stereocenters. The lowest BCUT2D eigenvalue weighted by atomic mass is 9.80. The molecule has 1 aliphatic heterocycles. The van der Waals surface area contributed by atoms with E-state index in [1.807, 2.05) is 0 Å². The summed E-state index contributed by atoms with van der Waals surface area (Å²) in [6.45, 7) is 3.77. The molecule has 1 aliphatic rings. The zero-order valence-corrected chi connectivity index (χ0v) is 15.7. The van der Waals surface area contributed by atoms with Crippen LogP contribution < -0.4 is 4.90 Å². The molecule has 0 spiro atoms. The highest BCUT2D eigenvalue weighted by atomic mass is 19.1. The lowest BCUT2D eigenvalue weighted by Gasteiger charge is -2.47. The van der Waals surface area contributed by atoms with Gasteiger partial charge >= 0.3 is 0 Å². The normalized spacial score (nSPS) is 19.3. The molecule has 0 saturated carbocycles. The van der Waals surface area contributed by atoms with E-state index in [1.54, 1.807) is 41.3 Å². The Hall–Kier alpha value is -3.41. The molecule has 0 bridgehead atoms. The molecule has 150 valence electrons. The second-order valence-corrected chi connectivity index (χ2v) is 6.56. The molecule has 29 heavy (non-hydrogen) atoms. The van der Waals surface area contributed by atoms with Crippen LogP contribution in [0.5, 0.6) is 5.75 Å². The van der Waals surface area contributed by atoms with Crippen LogP contribution >= 0.6 is 0 Å². The summed E-state index contributed by atoms with van der Waals surface area (Å²) in [6, 6.07) is 12.1.